The quantitative estimate of drug-likeness (QED) is 0.484. The number of aliphatic carboxylic acids is 1. The largest absolute Gasteiger partial charge is 0.496 e. The number of nitrogens with zero attached hydrogens (tertiary/aromatic N) is 1. The Kier molecular flexibility index (Phi) is 6.75. The number of carboxylic acid groups (broad SMARTS) is 1. The Morgan fingerprint density at radius 1 is 1.05 bits per heavy atom. The Bertz CT molecular complexity index is 1380. The minimum absolute atomic E-state index is 0.0536. The van der Waals surface area contributed by atoms with Crippen molar-refractivity contribution in [3.63, 3.8) is 0 Å². The summed E-state index contributed by atoms with van der Waals surface area (Å²) >= 11 is 0. The van der Waals surface area contributed by atoms with E-state index in [2.05, 4.69) is 5.32 Å². The van der Waals surface area contributed by atoms with Crippen molar-refractivity contribution in [2.75, 3.05) is 38.9 Å². The summed E-state index contributed by atoms with van der Waals surface area (Å²) in [6.07, 6.45) is 0. The zero-order chi connectivity index (χ0) is 27.0. The van der Waals surface area contributed by atoms with Crippen LogP contribution in [0.4, 0.5) is 5.69 Å². The number of methoxy groups -OCH3 is 1. The topological polar surface area (TPSA) is 97.3 Å². The molecule has 3 aromatic rings. The number of likely N-dealkylation sites (tertiary alicyclic amines) is 1. The van der Waals surface area contributed by atoms with Crippen LogP contribution in [0.1, 0.15) is 27.8 Å². The number of carbonyl (C=O) groups is 2. The van der Waals surface area contributed by atoms with Crippen LogP contribution >= 0.6 is 0 Å². The van der Waals surface area contributed by atoms with Crippen LogP contribution in [-0.4, -0.2) is 55.4 Å². The minimum atomic E-state index is -0.991. The minimum Gasteiger partial charge on any atom is -0.496 e. The molecule has 0 aliphatic carbocycles. The lowest BCUT2D eigenvalue weighted by Gasteiger charge is -2.35. The molecule has 2 aliphatic rings. The Labute approximate surface area is 222 Å². The number of para-hydroxylation sites is 1. The first kappa shape index (κ1) is 25.6. The molecule has 8 nitrogen and oxygen atoms in total. The molecule has 0 bridgehead atoms. The Morgan fingerprint density at radius 3 is 2.47 bits per heavy atom. The molecule has 8 heteroatoms. The zero-order valence-corrected chi connectivity index (χ0v) is 22.0. The third-order valence-corrected chi connectivity index (χ3v) is 7.59. The number of hydrogen-bond donors (Lipinski definition) is 2. The van der Waals surface area contributed by atoms with Crippen LogP contribution in [0.2, 0.25) is 0 Å². The highest BCUT2D eigenvalue weighted by molar-refractivity contribution is 5.94. The summed E-state index contributed by atoms with van der Waals surface area (Å²) in [6.45, 7) is 6.64. The molecule has 3 aromatic carbocycles. The van der Waals surface area contributed by atoms with Crippen LogP contribution < -0.4 is 19.5 Å². The molecule has 0 radical (unpaired) electrons. The van der Waals surface area contributed by atoms with Crippen molar-refractivity contribution in [1.82, 2.24) is 4.90 Å². The zero-order valence-electron chi connectivity index (χ0n) is 22.0. The van der Waals surface area contributed by atoms with E-state index in [1.54, 1.807) is 7.11 Å². The molecule has 2 aliphatic heterocycles. The number of hydrogen-bond acceptors (Lipinski definition) is 6. The van der Waals surface area contributed by atoms with Crippen molar-refractivity contribution in [3.05, 3.63) is 82.4 Å². The number of carbonyl (C=O) groups excluding carboxylic acids is 1. The predicted octanol–water partition coefficient (Wildman–Crippen LogP) is 4.29. The van der Waals surface area contributed by atoms with Crippen LogP contribution in [0.15, 0.2) is 54.6 Å². The van der Waals surface area contributed by atoms with Gasteiger partial charge in [0.05, 0.1) is 25.0 Å². The molecule has 2 unspecified atom stereocenters. The van der Waals surface area contributed by atoms with Crippen molar-refractivity contribution in [2.24, 2.45) is 5.92 Å². The van der Waals surface area contributed by atoms with Gasteiger partial charge in [0, 0.05) is 24.3 Å². The molecule has 1 saturated heterocycles. The fourth-order valence-corrected chi connectivity index (χ4v) is 6.02. The Morgan fingerprint density at radius 2 is 1.76 bits per heavy atom. The second-order valence-electron chi connectivity index (χ2n) is 10.1. The molecule has 2 atom stereocenters. The molecule has 0 aromatic heterocycles. The Balaban J connectivity index is 1.53. The van der Waals surface area contributed by atoms with Gasteiger partial charge in [0.1, 0.15) is 5.75 Å². The van der Waals surface area contributed by atoms with E-state index in [1.165, 1.54) is 0 Å². The summed E-state index contributed by atoms with van der Waals surface area (Å²) < 4.78 is 16.9. The van der Waals surface area contributed by atoms with Crippen molar-refractivity contribution in [2.45, 2.75) is 26.2 Å². The van der Waals surface area contributed by atoms with Gasteiger partial charge in [-0.05, 0) is 55.7 Å². The number of ether oxygens (including phenoxy) is 3. The molecule has 2 heterocycles. The third kappa shape index (κ3) is 4.45. The van der Waals surface area contributed by atoms with Gasteiger partial charge in [0.2, 0.25) is 12.7 Å². The summed E-state index contributed by atoms with van der Waals surface area (Å²) in [5.41, 5.74) is 4.44. The second kappa shape index (κ2) is 10.0. The van der Waals surface area contributed by atoms with Crippen LogP contribution in [0, 0.1) is 26.7 Å². The SMILES string of the molecule is COc1ccccc1C1(c2ccc3c(c2)OCO3)CN(CC(=O)Nc2c(C)cc(C)cc2C)CC1C(=O)O. The van der Waals surface area contributed by atoms with Crippen molar-refractivity contribution in [3.8, 4) is 17.2 Å². The number of nitrogens with one attached hydrogen (secondary N) is 1. The van der Waals surface area contributed by atoms with Crippen molar-refractivity contribution < 1.29 is 28.9 Å². The van der Waals surface area contributed by atoms with Gasteiger partial charge in [-0.2, -0.15) is 0 Å². The maximum Gasteiger partial charge on any atom is 0.309 e. The van der Waals surface area contributed by atoms with Crippen LogP contribution in [-0.2, 0) is 15.0 Å². The van der Waals surface area contributed by atoms with Gasteiger partial charge >= 0.3 is 5.97 Å². The molecule has 1 amide bonds. The molecule has 5 rings (SSSR count). The second-order valence-corrected chi connectivity index (χ2v) is 10.1. The van der Waals surface area contributed by atoms with E-state index in [-0.39, 0.29) is 25.8 Å². The monoisotopic (exact) mass is 516 g/mol. The predicted molar refractivity (Wildman–Crippen MR) is 143 cm³/mol. The molecule has 2 N–H and O–H groups in total. The molecule has 0 saturated carbocycles. The van der Waals surface area contributed by atoms with Crippen LogP contribution in [0.25, 0.3) is 0 Å². The highest BCUT2D eigenvalue weighted by atomic mass is 16.7. The normalized spacial score (nSPS) is 20.4. The third-order valence-electron chi connectivity index (χ3n) is 7.59. The maximum atomic E-state index is 13.2. The first-order chi connectivity index (χ1) is 18.2. The van der Waals surface area contributed by atoms with Gasteiger partial charge in [0.25, 0.3) is 0 Å². The number of fused-ring (bicyclic) bond motifs is 1. The van der Waals surface area contributed by atoms with E-state index < -0.39 is 17.3 Å². The summed E-state index contributed by atoms with van der Waals surface area (Å²) in [7, 11) is 1.58. The first-order valence-electron chi connectivity index (χ1n) is 12.6. The van der Waals surface area contributed by atoms with E-state index in [0.717, 1.165) is 33.5 Å². The van der Waals surface area contributed by atoms with E-state index in [0.29, 0.717) is 23.8 Å². The average Bonchev–Trinajstić information content (AvgIpc) is 3.51. The number of aryl methyl sites for hydroxylation is 3. The number of amides is 1. The molecule has 198 valence electrons. The lowest BCUT2D eigenvalue weighted by atomic mass is 9.67. The van der Waals surface area contributed by atoms with Gasteiger partial charge < -0.3 is 24.6 Å². The first-order valence-corrected chi connectivity index (χ1v) is 12.6. The highest BCUT2D eigenvalue weighted by Crippen LogP contribution is 2.50. The summed E-state index contributed by atoms with van der Waals surface area (Å²) in [5.74, 6) is -0.188. The summed E-state index contributed by atoms with van der Waals surface area (Å²) in [5, 5.41) is 13.5. The lowest BCUT2D eigenvalue weighted by Crippen LogP contribution is -2.41. The van der Waals surface area contributed by atoms with Gasteiger partial charge in [-0.1, -0.05) is 42.0 Å². The molecule has 1 fully saturated rings. The number of anilines is 1. The van der Waals surface area contributed by atoms with E-state index in [4.69, 9.17) is 14.2 Å². The van der Waals surface area contributed by atoms with Gasteiger partial charge in [-0.25, -0.2) is 0 Å². The molecule has 0 spiro atoms. The van der Waals surface area contributed by atoms with E-state index >= 15 is 0 Å². The van der Waals surface area contributed by atoms with Gasteiger partial charge in [-0.15, -0.1) is 0 Å². The van der Waals surface area contributed by atoms with Crippen molar-refractivity contribution in [1.29, 1.82) is 0 Å². The number of benzene rings is 3. The van der Waals surface area contributed by atoms with Crippen molar-refractivity contribution >= 4 is 17.6 Å². The average molecular weight is 517 g/mol. The fourth-order valence-electron chi connectivity index (χ4n) is 6.02. The fraction of sp³-hybridized carbons (Fsp3) is 0.333. The van der Waals surface area contributed by atoms with E-state index in [9.17, 15) is 14.7 Å². The summed E-state index contributed by atoms with van der Waals surface area (Å²) in [4.78, 5) is 28.0. The lowest BCUT2D eigenvalue weighted by molar-refractivity contribution is -0.142. The number of rotatable bonds is 7. The standard InChI is InChI=1S/C30H32N2O6/c1-18-11-19(2)28(20(3)12-18)31-27(33)15-32-14-23(29(34)35)30(16-32,22-7-5-6-8-24(22)36-4)21-9-10-25-26(13-21)38-17-37-25/h5-13,23H,14-17H2,1-4H3,(H,31,33)(H,34,35). The molecular weight excluding hydrogens is 484 g/mol. The van der Waals surface area contributed by atoms with Crippen LogP contribution in [0.5, 0.6) is 17.2 Å². The van der Waals surface area contributed by atoms with Gasteiger partial charge in [-0.3, -0.25) is 14.5 Å². The highest BCUT2D eigenvalue weighted by Gasteiger charge is 2.54. The van der Waals surface area contributed by atoms with Crippen LogP contribution in [0.3, 0.4) is 0 Å². The van der Waals surface area contributed by atoms with Gasteiger partial charge in [0.15, 0.2) is 11.5 Å². The smallest absolute Gasteiger partial charge is 0.309 e. The number of carboxylic acids is 1. The molecular formula is C30H32N2O6. The molecule has 38 heavy (non-hydrogen) atoms. The Hall–Kier alpha value is -4.04. The summed E-state index contributed by atoms with van der Waals surface area (Å²) in [6, 6.07) is 17.1. The van der Waals surface area contributed by atoms with E-state index in [1.807, 2.05) is 80.3 Å². The maximum absolute atomic E-state index is 13.2.